The van der Waals surface area contributed by atoms with Crippen LogP contribution in [0.1, 0.15) is 27.9 Å². The zero-order valence-corrected chi connectivity index (χ0v) is 17.8. The van der Waals surface area contributed by atoms with E-state index in [1.165, 1.54) is 18.1 Å². The molecule has 0 saturated heterocycles. The van der Waals surface area contributed by atoms with Gasteiger partial charge < -0.3 is 23.9 Å². The number of carbonyl (C=O) groups is 2. The molecule has 1 aliphatic heterocycles. The Labute approximate surface area is 185 Å². The first-order valence-electron chi connectivity index (χ1n) is 10.2. The van der Waals surface area contributed by atoms with Gasteiger partial charge >= 0.3 is 0 Å². The van der Waals surface area contributed by atoms with E-state index in [1.54, 1.807) is 37.3 Å². The number of ether oxygens (including phenoxy) is 2. The number of ketones is 1. The summed E-state index contributed by atoms with van der Waals surface area (Å²) in [6.45, 7) is 2.16. The number of amides is 1. The molecule has 164 valence electrons. The molecule has 0 radical (unpaired) electrons. The van der Waals surface area contributed by atoms with E-state index in [-0.39, 0.29) is 24.5 Å². The Morgan fingerprint density at radius 2 is 1.81 bits per heavy atom. The number of benzene rings is 2. The van der Waals surface area contributed by atoms with Crippen molar-refractivity contribution in [3.8, 4) is 11.5 Å². The number of methoxy groups -OCH3 is 1. The van der Waals surface area contributed by atoms with Gasteiger partial charge in [-0.2, -0.15) is 0 Å². The molecule has 7 nitrogen and oxygen atoms in total. The van der Waals surface area contributed by atoms with Crippen LogP contribution in [0.2, 0.25) is 0 Å². The molecule has 7 heteroatoms. The van der Waals surface area contributed by atoms with Crippen molar-refractivity contribution >= 4 is 11.7 Å². The van der Waals surface area contributed by atoms with E-state index >= 15 is 0 Å². The van der Waals surface area contributed by atoms with Crippen molar-refractivity contribution in [2.24, 2.45) is 0 Å². The highest BCUT2D eigenvalue weighted by Crippen LogP contribution is 2.40. The van der Waals surface area contributed by atoms with Gasteiger partial charge in [0.2, 0.25) is 5.78 Å². The summed E-state index contributed by atoms with van der Waals surface area (Å²) in [5, 5.41) is 10.7. The third kappa shape index (κ3) is 4.15. The first-order valence-corrected chi connectivity index (χ1v) is 10.2. The van der Waals surface area contributed by atoms with Gasteiger partial charge in [-0.05, 0) is 48.9 Å². The minimum Gasteiger partial charge on any atom is -0.503 e. The Morgan fingerprint density at radius 1 is 1.06 bits per heavy atom. The van der Waals surface area contributed by atoms with Crippen molar-refractivity contribution in [2.75, 3.05) is 20.3 Å². The fourth-order valence-electron chi connectivity index (χ4n) is 3.71. The molecule has 0 bridgehead atoms. The number of nitrogens with zero attached hydrogens (tertiary/aromatic N) is 1. The Kier molecular flexibility index (Phi) is 6.09. The number of Topliss-reactive ketones (excluding diaryl/α,β-unsaturated/α-hetero) is 1. The highest BCUT2D eigenvalue weighted by Gasteiger charge is 2.44. The number of aliphatic hydroxyl groups excluding tert-OH is 1. The minimum atomic E-state index is -0.810. The van der Waals surface area contributed by atoms with Crippen LogP contribution in [0.4, 0.5) is 0 Å². The predicted molar refractivity (Wildman–Crippen MR) is 117 cm³/mol. The van der Waals surface area contributed by atoms with Gasteiger partial charge in [0.15, 0.2) is 11.5 Å². The van der Waals surface area contributed by atoms with Crippen molar-refractivity contribution < 1.29 is 28.6 Å². The number of aliphatic hydroxyl groups is 1. The molecule has 32 heavy (non-hydrogen) atoms. The number of para-hydroxylation sites is 1. The van der Waals surface area contributed by atoms with Gasteiger partial charge in [-0.15, -0.1) is 0 Å². The van der Waals surface area contributed by atoms with Crippen LogP contribution in [-0.2, 0) is 9.53 Å². The smallest absolute Gasteiger partial charge is 0.290 e. The quantitative estimate of drug-likeness (QED) is 0.522. The van der Waals surface area contributed by atoms with Gasteiger partial charge in [0.25, 0.3) is 5.91 Å². The first kappa shape index (κ1) is 21.4. The molecule has 0 spiro atoms. The lowest BCUT2D eigenvalue weighted by atomic mass is 9.95. The van der Waals surface area contributed by atoms with Crippen LogP contribution in [0.15, 0.2) is 82.5 Å². The molecule has 2 heterocycles. The van der Waals surface area contributed by atoms with Crippen LogP contribution in [-0.4, -0.2) is 42.0 Å². The third-order valence-corrected chi connectivity index (χ3v) is 5.20. The molecule has 0 saturated carbocycles. The van der Waals surface area contributed by atoms with E-state index in [4.69, 9.17) is 13.9 Å². The summed E-state index contributed by atoms with van der Waals surface area (Å²) in [6, 6.07) is 18.8. The molecule has 3 aromatic rings. The monoisotopic (exact) mass is 433 g/mol. The highest BCUT2D eigenvalue weighted by atomic mass is 16.5. The largest absolute Gasteiger partial charge is 0.503 e. The van der Waals surface area contributed by atoms with E-state index in [0.29, 0.717) is 22.8 Å². The van der Waals surface area contributed by atoms with Crippen molar-refractivity contribution in [2.45, 2.75) is 13.0 Å². The normalized spacial score (nSPS) is 16.0. The fourth-order valence-corrected chi connectivity index (χ4v) is 3.71. The lowest BCUT2D eigenvalue weighted by Gasteiger charge is -2.26. The second-order valence-corrected chi connectivity index (χ2v) is 7.38. The summed E-state index contributed by atoms with van der Waals surface area (Å²) in [5.74, 6) is 0.0656. The lowest BCUT2D eigenvalue weighted by molar-refractivity contribution is -0.130. The molecule has 0 aliphatic carbocycles. The van der Waals surface area contributed by atoms with Gasteiger partial charge in [-0.25, -0.2) is 0 Å². The molecule has 1 N–H and O–H groups in total. The summed E-state index contributed by atoms with van der Waals surface area (Å²) >= 11 is 0. The lowest BCUT2D eigenvalue weighted by Crippen LogP contribution is -2.34. The molecule has 1 amide bonds. The first-order chi connectivity index (χ1) is 15.5. The van der Waals surface area contributed by atoms with Gasteiger partial charge in [-0.3, -0.25) is 9.59 Å². The van der Waals surface area contributed by atoms with Crippen molar-refractivity contribution in [1.29, 1.82) is 0 Å². The van der Waals surface area contributed by atoms with E-state index in [0.717, 1.165) is 0 Å². The van der Waals surface area contributed by atoms with Crippen LogP contribution in [0.3, 0.4) is 0 Å². The molecular formula is C25H23NO6. The average molecular weight is 433 g/mol. The van der Waals surface area contributed by atoms with Gasteiger partial charge in [0.1, 0.15) is 17.3 Å². The van der Waals surface area contributed by atoms with Crippen LogP contribution in [0.5, 0.6) is 11.5 Å². The predicted octanol–water partition coefficient (Wildman–Crippen LogP) is 4.61. The molecule has 1 aromatic heterocycles. The fraction of sp³-hybridized carbons (Fsp3) is 0.200. The molecule has 1 aliphatic rings. The summed E-state index contributed by atoms with van der Waals surface area (Å²) in [6.07, 6.45) is 0. The maximum absolute atomic E-state index is 13.2. The minimum absolute atomic E-state index is 0.0303. The van der Waals surface area contributed by atoms with Crippen LogP contribution in [0.25, 0.3) is 0 Å². The SMILES string of the molecule is COCCN1C(=O)C(O)=C(C(=O)c2ccc(C)o2)[C@@H]1c1cccc(Oc2ccccc2)c1. The number of rotatable bonds is 8. The van der Waals surface area contributed by atoms with Gasteiger partial charge in [0.05, 0.1) is 18.2 Å². The van der Waals surface area contributed by atoms with Crippen LogP contribution < -0.4 is 4.74 Å². The zero-order valence-electron chi connectivity index (χ0n) is 17.8. The van der Waals surface area contributed by atoms with E-state index in [2.05, 4.69) is 0 Å². The number of aryl methyl sites for hydroxylation is 1. The topological polar surface area (TPSA) is 89.2 Å². The second-order valence-electron chi connectivity index (χ2n) is 7.38. The number of carbonyl (C=O) groups excluding carboxylic acids is 2. The van der Waals surface area contributed by atoms with Crippen LogP contribution >= 0.6 is 0 Å². The number of furan rings is 1. The molecule has 0 fully saturated rings. The second kappa shape index (κ2) is 9.11. The van der Waals surface area contributed by atoms with E-state index in [9.17, 15) is 14.7 Å². The maximum atomic E-state index is 13.2. The van der Waals surface area contributed by atoms with E-state index < -0.39 is 23.5 Å². The van der Waals surface area contributed by atoms with E-state index in [1.807, 2.05) is 30.3 Å². The molecule has 2 aromatic carbocycles. The van der Waals surface area contributed by atoms with Gasteiger partial charge in [-0.1, -0.05) is 30.3 Å². The number of hydrogen-bond donors (Lipinski definition) is 1. The third-order valence-electron chi connectivity index (χ3n) is 5.20. The Bertz CT molecular complexity index is 1160. The summed E-state index contributed by atoms with van der Waals surface area (Å²) in [5.41, 5.74) is 0.593. The average Bonchev–Trinajstić information content (AvgIpc) is 3.34. The summed E-state index contributed by atoms with van der Waals surface area (Å²) in [7, 11) is 1.52. The molecular weight excluding hydrogens is 410 g/mol. The Hall–Kier alpha value is -3.84. The van der Waals surface area contributed by atoms with Gasteiger partial charge in [0, 0.05) is 13.7 Å². The maximum Gasteiger partial charge on any atom is 0.290 e. The summed E-state index contributed by atoms with van der Waals surface area (Å²) in [4.78, 5) is 27.5. The highest BCUT2D eigenvalue weighted by molar-refractivity contribution is 6.15. The van der Waals surface area contributed by atoms with Crippen molar-refractivity contribution in [3.05, 3.63) is 95.1 Å². The van der Waals surface area contributed by atoms with Crippen molar-refractivity contribution in [1.82, 2.24) is 4.90 Å². The van der Waals surface area contributed by atoms with Crippen molar-refractivity contribution in [3.63, 3.8) is 0 Å². The molecule has 4 rings (SSSR count). The molecule has 1 atom stereocenters. The number of hydrogen-bond acceptors (Lipinski definition) is 6. The van der Waals surface area contributed by atoms with Crippen LogP contribution in [0, 0.1) is 6.92 Å². The standard InChI is InChI=1S/C25H23NO6/c1-16-11-12-20(31-16)23(27)21-22(26(13-14-30-2)25(29)24(21)28)17-7-6-10-19(15-17)32-18-8-4-3-5-9-18/h3-12,15,22,28H,13-14H2,1-2H3/t22-/m0/s1. The molecule has 0 unspecified atom stereocenters. The zero-order chi connectivity index (χ0) is 22.7. The Balaban J connectivity index is 1.74. The summed E-state index contributed by atoms with van der Waals surface area (Å²) < 4.78 is 16.5. The Morgan fingerprint density at radius 3 is 2.50 bits per heavy atom.